The molecule has 1 aliphatic rings. The first-order valence-electron chi connectivity index (χ1n) is 8.70. The summed E-state index contributed by atoms with van der Waals surface area (Å²) in [6, 6.07) is 7.87. The van der Waals surface area contributed by atoms with Gasteiger partial charge in [0.15, 0.2) is 0 Å². The minimum absolute atomic E-state index is 0.115. The van der Waals surface area contributed by atoms with Gasteiger partial charge >= 0.3 is 0 Å². The van der Waals surface area contributed by atoms with Crippen molar-refractivity contribution < 1.29 is 4.79 Å². The Labute approximate surface area is 158 Å². The Morgan fingerprint density at radius 3 is 2.56 bits per heavy atom. The predicted octanol–water partition coefficient (Wildman–Crippen LogP) is 4.27. The molecule has 3 rings (SSSR count). The van der Waals surface area contributed by atoms with Crippen molar-refractivity contribution in [3.05, 3.63) is 44.9 Å². The molecule has 0 radical (unpaired) electrons. The lowest BCUT2D eigenvalue weighted by Gasteiger charge is -2.36. The van der Waals surface area contributed by atoms with Gasteiger partial charge in [0.25, 0.3) is 5.91 Å². The highest BCUT2D eigenvalue weighted by atomic mass is 35.5. The molecule has 0 aliphatic carbocycles. The van der Waals surface area contributed by atoms with E-state index in [9.17, 15) is 4.79 Å². The smallest absolute Gasteiger partial charge is 0.265 e. The molecule has 6 heteroatoms. The van der Waals surface area contributed by atoms with Gasteiger partial charge in [0, 0.05) is 32.6 Å². The van der Waals surface area contributed by atoms with Crippen LogP contribution in [0, 0.1) is 12.8 Å². The van der Waals surface area contributed by atoms with Crippen molar-refractivity contribution in [2.75, 3.05) is 31.1 Å². The van der Waals surface area contributed by atoms with Crippen molar-refractivity contribution in [2.45, 2.75) is 27.2 Å². The van der Waals surface area contributed by atoms with Gasteiger partial charge in [-0.3, -0.25) is 4.79 Å². The quantitative estimate of drug-likeness (QED) is 0.798. The van der Waals surface area contributed by atoms with Gasteiger partial charge in [-0.15, -0.1) is 11.3 Å². The Balaban J connectivity index is 1.66. The third kappa shape index (κ3) is 4.15. The second kappa shape index (κ2) is 7.75. The van der Waals surface area contributed by atoms with Crippen LogP contribution in [0.1, 0.15) is 34.2 Å². The summed E-state index contributed by atoms with van der Waals surface area (Å²) in [5, 5.41) is 1.82. The average molecular weight is 378 g/mol. The van der Waals surface area contributed by atoms with Crippen LogP contribution in [0.25, 0.3) is 0 Å². The first kappa shape index (κ1) is 18.2. The largest absolute Gasteiger partial charge is 0.367 e. The molecule has 0 N–H and O–H groups in total. The second-order valence-electron chi connectivity index (χ2n) is 6.85. The molecule has 25 heavy (non-hydrogen) atoms. The molecule has 0 unspecified atom stereocenters. The number of rotatable bonds is 4. The monoisotopic (exact) mass is 377 g/mol. The van der Waals surface area contributed by atoms with Crippen molar-refractivity contribution >= 4 is 34.5 Å². The first-order chi connectivity index (χ1) is 12.0. The Hall–Kier alpha value is -1.59. The number of benzene rings is 1. The Morgan fingerprint density at radius 2 is 1.92 bits per heavy atom. The van der Waals surface area contributed by atoms with E-state index in [-0.39, 0.29) is 5.91 Å². The zero-order valence-electron chi connectivity index (χ0n) is 15.0. The molecule has 1 aromatic heterocycles. The summed E-state index contributed by atoms with van der Waals surface area (Å²) in [6.45, 7) is 9.30. The van der Waals surface area contributed by atoms with Crippen LogP contribution in [0.5, 0.6) is 0 Å². The van der Waals surface area contributed by atoms with Crippen LogP contribution >= 0.6 is 22.9 Å². The van der Waals surface area contributed by atoms with E-state index in [1.54, 1.807) is 11.3 Å². The van der Waals surface area contributed by atoms with Gasteiger partial charge in [0.05, 0.1) is 21.4 Å². The van der Waals surface area contributed by atoms with Gasteiger partial charge in [0.1, 0.15) is 4.88 Å². The second-order valence-corrected chi connectivity index (χ2v) is 8.34. The summed E-state index contributed by atoms with van der Waals surface area (Å²) < 4.78 is 0. The van der Waals surface area contributed by atoms with Crippen LogP contribution in [0.4, 0.5) is 5.69 Å². The number of carbonyl (C=O) groups is 1. The maximum Gasteiger partial charge on any atom is 0.265 e. The molecule has 2 aromatic rings. The number of amides is 1. The number of carbonyl (C=O) groups excluding carboxylic acids is 1. The summed E-state index contributed by atoms with van der Waals surface area (Å²) in [5.74, 6) is 0.663. The normalized spacial score (nSPS) is 15.1. The number of aromatic nitrogens is 1. The number of thiazole rings is 1. The molecule has 1 saturated heterocycles. The average Bonchev–Trinajstić information content (AvgIpc) is 2.94. The number of piperazine rings is 1. The highest BCUT2D eigenvalue weighted by Crippen LogP contribution is 2.27. The zero-order valence-corrected chi connectivity index (χ0v) is 16.5. The predicted molar refractivity (Wildman–Crippen MR) is 105 cm³/mol. The number of hydrogen-bond donors (Lipinski definition) is 0. The van der Waals surface area contributed by atoms with Crippen LogP contribution in [0.2, 0.25) is 5.02 Å². The molecule has 134 valence electrons. The molecule has 4 nitrogen and oxygen atoms in total. The molecule has 1 aliphatic heterocycles. The van der Waals surface area contributed by atoms with Gasteiger partial charge in [-0.1, -0.05) is 37.6 Å². The fourth-order valence-electron chi connectivity index (χ4n) is 3.09. The number of nitrogens with zero attached hydrogens (tertiary/aromatic N) is 3. The molecular formula is C19H24ClN3OS. The standard InChI is InChI=1S/C19H24ClN3OS/c1-13(2)12-17-21-14(3)18(25-17)19(24)23-10-8-22(9-11-23)16-7-5-4-6-15(16)20/h4-7,13H,8-12H2,1-3H3. The van der Waals surface area contributed by atoms with Gasteiger partial charge in [-0.25, -0.2) is 4.98 Å². The molecule has 1 fully saturated rings. The summed E-state index contributed by atoms with van der Waals surface area (Å²) >= 11 is 7.84. The van der Waals surface area contributed by atoms with E-state index in [0.717, 1.165) is 45.8 Å². The van der Waals surface area contributed by atoms with Gasteiger partial charge in [-0.2, -0.15) is 0 Å². The Bertz CT molecular complexity index is 751. The third-order valence-corrected chi connectivity index (χ3v) is 5.87. The van der Waals surface area contributed by atoms with Gasteiger partial charge in [0.2, 0.25) is 0 Å². The topological polar surface area (TPSA) is 36.4 Å². The number of hydrogen-bond acceptors (Lipinski definition) is 4. The number of halogens is 1. The first-order valence-corrected chi connectivity index (χ1v) is 9.90. The molecule has 0 spiro atoms. The molecule has 0 atom stereocenters. The Morgan fingerprint density at radius 1 is 1.24 bits per heavy atom. The zero-order chi connectivity index (χ0) is 18.0. The Kier molecular flexibility index (Phi) is 5.64. The maximum absolute atomic E-state index is 12.9. The SMILES string of the molecule is Cc1nc(CC(C)C)sc1C(=O)N1CCN(c2ccccc2Cl)CC1. The van der Waals surface area contributed by atoms with Crippen molar-refractivity contribution in [2.24, 2.45) is 5.92 Å². The van der Waals surface area contributed by atoms with Crippen LogP contribution in [-0.4, -0.2) is 42.0 Å². The fourth-order valence-corrected chi connectivity index (χ4v) is 4.59. The summed E-state index contributed by atoms with van der Waals surface area (Å²) in [7, 11) is 0. The summed E-state index contributed by atoms with van der Waals surface area (Å²) in [5.41, 5.74) is 1.91. The highest BCUT2D eigenvalue weighted by Gasteiger charge is 2.26. The lowest BCUT2D eigenvalue weighted by molar-refractivity contribution is 0.0750. The summed E-state index contributed by atoms with van der Waals surface area (Å²) in [6.07, 6.45) is 0.930. The van der Waals surface area contributed by atoms with E-state index in [4.69, 9.17) is 11.6 Å². The van der Waals surface area contributed by atoms with E-state index < -0.39 is 0 Å². The minimum Gasteiger partial charge on any atom is -0.367 e. The van der Waals surface area contributed by atoms with Crippen molar-refractivity contribution in [3.63, 3.8) is 0 Å². The van der Waals surface area contributed by atoms with E-state index in [1.165, 1.54) is 0 Å². The van der Waals surface area contributed by atoms with Crippen molar-refractivity contribution in [3.8, 4) is 0 Å². The summed E-state index contributed by atoms with van der Waals surface area (Å²) in [4.78, 5) is 22.4. The number of para-hydroxylation sites is 1. The van der Waals surface area contributed by atoms with Gasteiger partial charge in [-0.05, 0) is 25.0 Å². The van der Waals surface area contributed by atoms with Gasteiger partial charge < -0.3 is 9.80 Å². The van der Waals surface area contributed by atoms with Crippen LogP contribution in [0.15, 0.2) is 24.3 Å². The van der Waals surface area contributed by atoms with Crippen molar-refractivity contribution in [1.29, 1.82) is 0 Å². The molecular weight excluding hydrogens is 354 g/mol. The molecule has 1 aromatic carbocycles. The number of aryl methyl sites for hydroxylation is 1. The third-order valence-electron chi connectivity index (χ3n) is 4.38. The number of anilines is 1. The van der Waals surface area contributed by atoms with Crippen LogP contribution in [-0.2, 0) is 6.42 Å². The van der Waals surface area contributed by atoms with Crippen molar-refractivity contribution in [1.82, 2.24) is 9.88 Å². The molecule has 0 bridgehead atoms. The fraction of sp³-hybridized carbons (Fsp3) is 0.474. The van der Waals surface area contributed by atoms with Crippen LogP contribution < -0.4 is 4.90 Å². The maximum atomic E-state index is 12.9. The van der Waals surface area contributed by atoms with E-state index in [0.29, 0.717) is 19.0 Å². The van der Waals surface area contributed by atoms with E-state index >= 15 is 0 Å². The van der Waals surface area contributed by atoms with E-state index in [1.807, 2.05) is 36.1 Å². The molecule has 0 saturated carbocycles. The van der Waals surface area contributed by atoms with E-state index in [2.05, 4.69) is 23.7 Å². The minimum atomic E-state index is 0.115. The molecule has 2 heterocycles. The molecule has 1 amide bonds. The lowest BCUT2D eigenvalue weighted by Crippen LogP contribution is -2.48. The lowest BCUT2D eigenvalue weighted by atomic mass is 10.1. The highest BCUT2D eigenvalue weighted by molar-refractivity contribution is 7.13. The van der Waals surface area contributed by atoms with Crippen LogP contribution in [0.3, 0.4) is 0 Å².